The number of rotatable bonds is 13. The van der Waals surface area contributed by atoms with Gasteiger partial charge in [-0.15, -0.1) is 0 Å². The molecule has 4 aliphatic rings. The average molecular weight is 859 g/mol. The Morgan fingerprint density at radius 3 is 1.60 bits per heavy atom. The van der Waals surface area contributed by atoms with E-state index in [4.69, 9.17) is 42.3 Å². The van der Waals surface area contributed by atoms with Crippen LogP contribution in [0, 0.1) is 0 Å². The predicted molar refractivity (Wildman–Crippen MR) is 192 cm³/mol. The Labute approximate surface area is 337 Å². The first-order valence-electron chi connectivity index (χ1n) is 18.6. The zero-order chi connectivity index (χ0) is 43.3. The lowest BCUT2D eigenvalue weighted by atomic mass is 9.98. The van der Waals surface area contributed by atoms with Crippen LogP contribution in [0.3, 0.4) is 0 Å². The van der Waals surface area contributed by atoms with Crippen LogP contribution in [0.5, 0.6) is 17.2 Å². The average Bonchev–Trinajstić information content (AvgIpc) is 3.67. The fourth-order valence-corrected chi connectivity index (χ4v) is 7.08. The molecular formula is C37H46O23. The summed E-state index contributed by atoms with van der Waals surface area (Å²) in [5, 5.41) is 133. The van der Waals surface area contributed by atoms with Crippen molar-refractivity contribution in [2.24, 2.45) is 0 Å². The molecule has 16 atom stereocenters. The molecule has 2 aromatic carbocycles. The van der Waals surface area contributed by atoms with Crippen molar-refractivity contribution in [2.45, 2.75) is 97.4 Å². The van der Waals surface area contributed by atoms with Gasteiger partial charge in [-0.1, -0.05) is 12.1 Å². The summed E-state index contributed by atoms with van der Waals surface area (Å²) in [5.41, 5.74) is -4.63. The third kappa shape index (κ3) is 8.44. The van der Waals surface area contributed by atoms with Crippen molar-refractivity contribution in [3.63, 3.8) is 0 Å². The number of aromatic hydroxyl groups is 1. The smallest absolute Gasteiger partial charge is 0.229 e. The molecular weight excluding hydrogens is 812 g/mol. The van der Waals surface area contributed by atoms with E-state index in [0.29, 0.717) is 5.56 Å². The summed E-state index contributed by atoms with van der Waals surface area (Å²) in [6, 6.07) is 8.09. The maximum Gasteiger partial charge on any atom is 0.229 e. The predicted octanol–water partition coefficient (Wildman–Crippen LogP) is -5.55. The summed E-state index contributed by atoms with van der Waals surface area (Å²) < 4.78 is 49.1. The van der Waals surface area contributed by atoms with E-state index in [1.807, 2.05) is 0 Å². The Balaban J connectivity index is 0.958. The highest BCUT2D eigenvalue weighted by Crippen LogP contribution is 2.35. The fraction of sp³-hybridized carbons (Fsp3) is 0.595. The fourth-order valence-electron chi connectivity index (χ4n) is 7.08. The molecule has 23 nitrogen and oxygen atoms in total. The van der Waals surface area contributed by atoms with Gasteiger partial charge in [-0.25, -0.2) is 0 Å². The van der Waals surface area contributed by atoms with Crippen LogP contribution in [0.15, 0.2) is 51.9 Å². The number of ether oxygens (including phenoxy) is 8. The van der Waals surface area contributed by atoms with Gasteiger partial charge in [-0.2, -0.15) is 0 Å². The lowest BCUT2D eigenvalue weighted by Crippen LogP contribution is -2.60. The Hall–Kier alpha value is -3.67. The van der Waals surface area contributed by atoms with Crippen LogP contribution < -0.4 is 14.9 Å². The van der Waals surface area contributed by atoms with Gasteiger partial charge in [0.1, 0.15) is 107 Å². The van der Waals surface area contributed by atoms with Gasteiger partial charge < -0.3 is 109 Å². The van der Waals surface area contributed by atoms with E-state index < -0.39 is 148 Å². The van der Waals surface area contributed by atoms with Crippen LogP contribution >= 0.6 is 0 Å². The minimum Gasteiger partial charge on any atom is -0.507 e. The molecule has 13 N–H and O–H groups in total. The van der Waals surface area contributed by atoms with Crippen LogP contribution in [-0.4, -0.2) is 203 Å². The van der Waals surface area contributed by atoms with Crippen LogP contribution in [0.4, 0.5) is 0 Å². The second-order valence-electron chi connectivity index (χ2n) is 15.0. The van der Waals surface area contributed by atoms with Crippen molar-refractivity contribution in [1.82, 2.24) is 0 Å². The molecule has 4 aliphatic heterocycles. The zero-order valence-electron chi connectivity index (χ0n) is 31.3. The van der Waals surface area contributed by atoms with Crippen molar-refractivity contribution >= 4 is 11.0 Å². The Morgan fingerprint density at radius 1 is 0.633 bits per heavy atom. The van der Waals surface area contributed by atoms with Gasteiger partial charge in [0, 0.05) is 12.1 Å². The number of hydrogen-bond donors (Lipinski definition) is 13. The van der Waals surface area contributed by atoms with Crippen molar-refractivity contribution < 1.29 is 109 Å². The molecule has 0 radical (unpaired) electrons. The van der Waals surface area contributed by atoms with E-state index >= 15 is 0 Å². The van der Waals surface area contributed by atoms with Crippen LogP contribution in [0.25, 0.3) is 22.1 Å². The van der Waals surface area contributed by atoms with Gasteiger partial charge in [0.2, 0.25) is 18.0 Å². The summed E-state index contributed by atoms with van der Waals surface area (Å²) in [4.78, 5) is 13.6. The lowest BCUT2D eigenvalue weighted by Gasteiger charge is -2.40. The lowest BCUT2D eigenvalue weighted by molar-refractivity contribution is -0.310. The molecule has 0 bridgehead atoms. The van der Waals surface area contributed by atoms with Crippen molar-refractivity contribution in [1.29, 1.82) is 0 Å². The Bertz CT molecular complexity index is 1990. The highest BCUT2D eigenvalue weighted by Gasteiger charge is 2.53. The SMILES string of the molecule is O=c1c(-c2ccc(OC3OCC(O)(COC4OC(CO)C(O)C(O)C4O)C3O)cc2)coc2cc(OC3OCC(O)(COC4OC(CO)C(O)C(O)C4O)C3O)cc(O)c12. The molecule has 4 fully saturated rings. The molecule has 16 unspecified atom stereocenters. The number of phenolic OH excluding ortho intramolecular Hbond substituents is 1. The molecule has 60 heavy (non-hydrogen) atoms. The maximum atomic E-state index is 13.6. The summed E-state index contributed by atoms with van der Waals surface area (Å²) in [6.45, 7) is -3.81. The van der Waals surface area contributed by atoms with Crippen LogP contribution in [0.1, 0.15) is 0 Å². The number of hydrogen-bond acceptors (Lipinski definition) is 23. The van der Waals surface area contributed by atoms with Gasteiger partial charge in [-0.05, 0) is 17.7 Å². The van der Waals surface area contributed by atoms with E-state index in [-0.39, 0.29) is 28.0 Å². The molecule has 0 saturated carbocycles. The molecule has 0 aliphatic carbocycles. The topological polar surface area (TPSA) is 367 Å². The molecule has 1 aromatic heterocycles. The van der Waals surface area contributed by atoms with Crippen molar-refractivity contribution in [3.8, 4) is 28.4 Å². The summed E-state index contributed by atoms with van der Waals surface area (Å²) in [5.74, 6) is -0.563. The number of aliphatic hydroxyl groups excluding tert-OH is 10. The molecule has 4 saturated heterocycles. The van der Waals surface area contributed by atoms with Crippen molar-refractivity contribution in [2.75, 3.05) is 39.6 Å². The third-order valence-corrected chi connectivity index (χ3v) is 10.8. The molecule has 3 aromatic rings. The maximum absolute atomic E-state index is 13.6. The highest BCUT2D eigenvalue weighted by atomic mass is 16.7. The number of benzene rings is 2. The van der Waals surface area contributed by atoms with Gasteiger partial charge in [0.15, 0.2) is 12.6 Å². The molecule has 5 heterocycles. The third-order valence-electron chi connectivity index (χ3n) is 10.8. The minimum absolute atomic E-state index is 0.0221. The van der Waals surface area contributed by atoms with Crippen molar-refractivity contribution in [3.05, 3.63) is 52.9 Å². The van der Waals surface area contributed by atoms with Gasteiger partial charge >= 0.3 is 0 Å². The van der Waals surface area contributed by atoms with Gasteiger partial charge in [0.25, 0.3) is 0 Å². The normalized spacial score (nSPS) is 39.6. The van der Waals surface area contributed by atoms with Gasteiger partial charge in [0.05, 0.1) is 45.2 Å². The molecule has 0 amide bonds. The Morgan fingerprint density at radius 2 is 1.12 bits per heavy atom. The van der Waals surface area contributed by atoms with Crippen LogP contribution in [-0.2, 0) is 28.4 Å². The van der Waals surface area contributed by atoms with Crippen LogP contribution in [0.2, 0.25) is 0 Å². The number of aliphatic hydroxyl groups is 12. The molecule has 23 heteroatoms. The largest absolute Gasteiger partial charge is 0.507 e. The van der Waals surface area contributed by atoms with E-state index in [1.54, 1.807) is 0 Å². The van der Waals surface area contributed by atoms with E-state index in [2.05, 4.69) is 0 Å². The van der Waals surface area contributed by atoms with E-state index in [0.717, 1.165) is 12.3 Å². The second-order valence-corrected chi connectivity index (χ2v) is 15.0. The first kappa shape index (κ1) is 44.4. The quantitative estimate of drug-likeness (QED) is 0.0762. The minimum atomic E-state index is -2.13. The molecule has 0 spiro atoms. The molecule has 7 rings (SSSR count). The Kier molecular flexibility index (Phi) is 13.0. The molecule has 332 valence electrons. The summed E-state index contributed by atoms with van der Waals surface area (Å²) in [6.07, 6.45) is -21.2. The second kappa shape index (κ2) is 17.6. The van der Waals surface area contributed by atoms with E-state index in [9.17, 15) is 71.2 Å². The number of phenols is 1. The summed E-state index contributed by atoms with van der Waals surface area (Å²) in [7, 11) is 0. The van der Waals surface area contributed by atoms with Gasteiger partial charge in [-0.3, -0.25) is 4.79 Å². The summed E-state index contributed by atoms with van der Waals surface area (Å²) >= 11 is 0. The highest BCUT2D eigenvalue weighted by molar-refractivity contribution is 5.88. The zero-order valence-corrected chi connectivity index (χ0v) is 31.3. The van der Waals surface area contributed by atoms with E-state index in [1.165, 1.54) is 30.3 Å². The first-order valence-corrected chi connectivity index (χ1v) is 18.6. The first-order chi connectivity index (χ1) is 28.5. The standard InChI is InChI=1S/C37H46O23/c38-7-20-24(42)26(44)28(46)32(59-20)53-10-36(50)12-55-34(30(36)48)57-15-3-1-14(2-4-15)17-9-52-19-6-16(5-18(40)22(19)23(17)41)58-35-31(49)37(51,13-56-35)11-54-33-29(47)27(45)25(43)21(8-39)60-33/h1-6,9,20-21,24-35,38-40,42-51H,7-8,10-13H2. The monoisotopic (exact) mass is 858 g/mol. The number of fused-ring (bicyclic) bond motifs is 1.